The summed E-state index contributed by atoms with van der Waals surface area (Å²) in [6, 6.07) is 10.1. The zero-order valence-corrected chi connectivity index (χ0v) is 13.4. The van der Waals surface area contributed by atoms with E-state index < -0.39 is 0 Å². The van der Waals surface area contributed by atoms with Gasteiger partial charge >= 0.3 is 0 Å². The highest BCUT2D eigenvalue weighted by Crippen LogP contribution is 2.13. The Bertz CT molecular complexity index is 560. The molecule has 118 valence electrons. The Hall–Kier alpha value is -1.76. The Labute approximate surface area is 134 Å². The molecule has 0 fully saturated rings. The van der Waals surface area contributed by atoms with E-state index in [4.69, 9.17) is 5.11 Å². The topological polar surface area (TPSA) is 65.5 Å². The number of anilines is 1. The number of aliphatic hydroxyl groups is 1. The maximum absolute atomic E-state index is 12.2. The molecule has 0 spiro atoms. The molecule has 0 saturated carbocycles. The Morgan fingerprint density at radius 3 is 2.82 bits per heavy atom. The molecular weight excluding hydrogens is 298 g/mol. The van der Waals surface area contributed by atoms with Crippen molar-refractivity contribution in [1.29, 1.82) is 0 Å². The smallest absolute Gasteiger partial charge is 0.240 e. The van der Waals surface area contributed by atoms with Gasteiger partial charge in [-0.15, -0.1) is 11.3 Å². The van der Waals surface area contributed by atoms with Crippen LogP contribution in [-0.4, -0.2) is 40.1 Å². The second-order valence-electron chi connectivity index (χ2n) is 5.14. The number of carbonyl (C=O) groups is 1. The van der Waals surface area contributed by atoms with Crippen LogP contribution >= 0.6 is 11.3 Å². The Morgan fingerprint density at radius 1 is 1.41 bits per heavy atom. The van der Waals surface area contributed by atoms with Crippen molar-refractivity contribution in [2.75, 3.05) is 18.5 Å². The third kappa shape index (κ3) is 5.22. The summed E-state index contributed by atoms with van der Waals surface area (Å²) in [7, 11) is 0. The first-order chi connectivity index (χ1) is 10.7. The fraction of sp³-hybridized carbons (Fsp3) is 0.375. The SMILES string of the molecule is CC(CCO)N(CC(=O)Nc1nccs1)Cc1ccccc1. The number of hydrogen-bond donors (Lipinski definition) is 2. The molecule has 1 aromatic heterocycles. The number of nitrogens with one attached hydrogen (secondary N) is 1. The molecule has 1 aromatic carbocycles. The number of rotatable bonds is 8. The third-order valence-electron chi connectivity index (χ3n) is 3.42. The van der Waals surface area contributed by atoms with E-state index in [1.165, 1.54) is 11.3 Å². The molecule has 0 aliphatic heterocycles. The van der Waals surface area contributed by atoms with Gasteiger partial charge in [0.1, 0.15) is 0 Å². The first-order valence-electron chi connectivity index (χ1n) is 7.27. The van der Waals surface area contributed by atoms with Crippen LogP contribution in [0.3, 0.4) is 0 Å². The summed E-state index contributed by atoms with van der Waals surface area (Å²) in [5.41, 5.74) is 1.15. The normalized spacial score (nSPS) is 12.3. The third-order valence-corrected chi connectivity index (χ3v) is 4.11. The van der Waals surface area contributed by atoms with Crippen LogP contribution in [0.1, 0.15) is 18.9 Å². The summed E-state index contributed by atoms with van der Waals surface area (Å²) in [5.74, 6) is -0.0873. The molecule has 1 unspecified atom stereocenters. The van der Waals surface area contributed by atoms with Crippen LogP contribution in [-0.2, 0) is 11.3 Å². The lowest BCUT2D eigenvalue weighted by molar-refractivity contribution is -0.118. The van der Waals surface area contributed by atoms with Crippen LogP contribution in [0.5, 0.6) is 0 Å². The number of thiazole rings is 1. The number of aliphatic hydroxyl groups excluding tert-OH is 1. The summed E-state index contributed by atoms with van der Waals surface area (Å²) >= 11 is 1.40. The van der Waals surface area contributed by atoms with Gasteiger partial charge in [0.15, 0.2) is 5.13 Å². The molecule has 5 nitrogen and oxygen atoms in total. The van der Waals surface area contributed by atoms with Gasteiger partial charge in [-0.3, -0.25) is 9.69 Å². The average Bonchev–Trinajstić information content (AvgIpc) is 3.00. The minimum atomic E-state index is -0.0873. The molecular formula is C16H21N3O2S. The van der Waals surface area contributed by atoms with Gasteiger partial charge in [-0.25, -0.2) is 4.98 Å². The Morgan fingerprint density at radius 2 is 2.18 bits per heavy atom. The van der Waals surface area contributed by atoms with Crippen LogP contribution in [0.25, 0.3) is 0 Å². The highest BCUT2D eigenvalue weighted by atomic mass is 32.1. The summed E-state index contributed by atoms with van der Waals surface area (Å²) < 4.78 is 0. The molecule has 1 amide bonds. The van der Waals surface area contributed by atoms with Crippen molar-refractivity contribution in [2.24, 2.45) is 0 Å². The van der Waals surface area contributed by atoms with Crippen molar-refractivity contribution in [3.05, 3.63) is 47.5 Å². The van der Waals surface area contributed by atoms with Crippen LogP contribution in [0.2, 0.25) is 0 Å². The molecule has 0 aliphatic rings. The minimum Gasteiger partial charge on any atom is -0.396 e. The lowest BCUT2D eigenvalue weighted by atomic mass is 10.1. The van der Waals surface area contributed by atoms with Gasteiger partial charge in [-0.1, -0.05) is 30.3 Å². The van der Waals surface area contributed by atoms with E-state index in [1.807, 2.05) is 42.6 Å². The van der Waals surface area contributed by atoms with Gasteiger partial charge in [0.25, 0.3) is 0 Å². The number of carbonyl (C=O) groups excluding carboxylic acids is 1. The van der Waals surface area contributed by atoms with E-state index in [2.05, 4.69) is 15.2 Å². The van der Waals surface area contributed by atoms with Crippen molar-refractivity contribution < 1.29 is 9.90 Å². The molecule has 0 aliphatic carbocycles. The lowest BCUT2D eigenvalue weighted by Gasteiger charge is -2.28. The molecule has 0 radical (unpaired) electrons. The standard InChI is InChI=1S/C16H21N3O2S/c1-13(7-9-20)19(11-14-5-3-2-4-6-14)12-15(21)18-16-17-8-10-22-16/h2-6,8,10,13,20H,7,9,11-12H2,1H3,(H,17,18,21). The second kappa shape index (κ2) is 8.63. The quantitative estimate of drug-likeness (QED) is 0.784. The van der Waals surface area contributed by atoms with Crippen LogP contribution in [0.4, 0.5) is 5.13 Å². The predicted octanol–water partition coefficient (Wildman–Crippen LogP) is 2.35. The van der Waals surface area contributed by atoms with Gasteiger partial charge in [0, 0.05) is 30.8 Å². The highest BCUT2D eigenvalue weighted by molar-refractivity contribution is 7.13. The number of hydrogen-bond acceptors (Lipinski definition) is 5. The number of aromatic nitrogens is 1. The fourth-order valence-corrected chi connectivity index (χ4v) is 2.73. The monoisotopic (exact) mass is 319 g/mol. The van der Waals surface area contributed by atoms with E-state index in [9.17, 15) is 4.79 Å². The van der Waals surface area contributed by atoms with Crippen molar-refractivity contribution in [3.8, 4) is 0 Å². The lowest BCUT2D eigenvalue weighted by Crippen LogP contribution is -2.39. The molecule has 2 aromatic rings. The minimum absolute atomic E-state index is 0.0873. The molecule has 2 rings (SSSR count). The predicted molar refractivity (Wildman–Crippen MR) is 88.8 cm³/mol. The largest absolute Gasteiger partial charge is 0.396 e. The molecule has 1 atom stereocenters. The second-order valence-corrected chi connectivity index (χ2v) is 6.03. The van der Waals surface area contributed by atoms with Gasteiger partial charge in [0.05, 0.1) is 6.54 Å². The van der Waals surface area contributed by atoms with Gasteiger partial charge in [-0.2, -0.15) is 0 Å². The average molecular weight is 319 g/mol. The Balaban J connectivity index is 1.99. The van der Waals surface area contributed by atoms with Crippen molar-refractivity contribution in [1.82, 2.24) is 9.88 Å². The zero-order valence-electron chi connectivity index (χ0n) is 12.6. The molecule has 1 heterocycles. The number of benzene rings is 1. The van der Waals surface area contributed by atoms with E-state index in [0.29, 0.717) is 18.1 Å². The van der Waals surface area contributed by atoms with E-state index in [-0.39, 0.29) is 25.1 Å². The summed E-state index contributed by atoms with van der Waals surface area (Å²) in [5, 5.41) is 14.4. The molecule has 22 heavy (non-hydrogen) atoms. The van der Waals surface area contributed by atoms with Gasteiger partial charge in [0.2, 0.25) is 5.91 Å². The van der Waals surface area contributed by atoms with Crippen LogP contribution < -0.4 is 5.32 Å². The molecule has 0 saturated heterocycles. The maximum Gasteiger partial charge on any atom is 0.240 e. The maximum atomic E-state index is 12.2. The highest BCUT2D eigenvalue weighted by Gasteiger charge is 2.18. The van der Waals surface area contributed by atoms with Gasteiger partial charge < -0.3 is 10.4 Å². The van der Waals surface area contributed by atoms with Gasteiger partial charge in [-0.05, 0) is 18.9 Å². The molecule has 2 N–H and O–H groups in total. The zero-order chi connectivity index (χ0) is 15.8. The van der Waals surface area contributed by atoms with Crippen LogP contribution in [0.15, 0.2) is 41.9 Å². The van der Waals surface area contributed by atoms with E-state index in [1.54, 1.807) is 6.20 Å². The number of nitrogens with zero attached hydrogens (tertiary/aromatic N) is 2. The first-order valence-corrected chi connectivity index (χ1v) is 8.15. The molecule has 0 bridgehead atoms. The fourth-order valence-electron chi connectivity index (χ4n) is 2.18. The first kappa shape index (κ1) is 16.6. The summed E-state index contributed by atoms with van der Waals surface area (Å²) in [4.78, 5) is 18.3. The van der Waals surface area contributed by atoms with Crippen molar-refractivity contribution in [3.63, 3.8) is 0 Å². The van der Waals surface area contributed by atoms with E-state index >= 15 is 0 Å². The molecule has 6 heteroatoms. The Kier molecular flexibility index (Phi) is 6.51. The summed E-state index contributed by atoms with van der Waals surface area (Å²) in [6.45, 7) is 3.08. The summed E-state index contributed by atoms with van der Waals surface area (Å²) in [6.07, 6.45) is 2.30. The van der Waals surface area contributed by atoms with Crippen molar-refractivity contribution in [2.45, 2.75) is 25.9 Å². The number of amides is 1. The van der Waals surface area contributed by atoms with Crippen molar-refractivity contribution >= 4 is 22.4 Å². The van der Waals surface area contributed by atoms with E-state index in [0.717, 1.165) is 5.56 Å². The van der Waals surface area contributed by atoms with Crippen LogP contribution in [0, 0.1) is 0 Å².